The molecule has 2 rings (SSSR count). The van der Waals surface area contributed by atoms with Gasteiger partial charge >= 0.3 is 5.97 Å². The van der Waals surface area contributed by atoms with Gasteiger partial charge in [-0.2, -0.15) is 0 Å². The Balaban J connectivity index is 2.00. The standard InChI is InChI=1S/C17H21F3N2O3/c1-17(2,3)16(24)25-22-9-7-21(8-10-22)15(23)12-6-4-5-11(13(12)18)14(19)20/h4-6,14H,7-10H2,1-3H3. The topological polar surface area (TPSA) is 49.9 Å². The zero-order valence-corrected chi connectivity index (χ0v) is 14.4. The van der Waals surface area contributed by atoms with Gasteiger partial charge in [0.15, 0.2) is 0 Å². The Labute approximate surface area is 144 Å². The Morgan fingerprint density at radius 2 is 1.72 bits per heavy atom. The van der Waals surface area contributed by atoms with E-state index in [2.05, 4.69) is 0 Å². The molecule has 8 heteroatoms. The van der Waals surface area contributed by atoms with Crippen molar-refractivity contribution in [2.24, 2.45) is 5.41 Å². The lowest BCUT2D eigenvalue weighted by molar-refractivity contribution is -0.205. The van der Waals surface area contributed by atoms with Gasteiger partial charge in [-0.15, -0.1) is 5.06 Å². The number of hydrogen-bond donors (Lipinski definition) is 0. The number of piperazine rings is 1. The number of benzene rings is 1. The van der Waals surface area contributed by atoms with Crippen molar-refractivity contribution in [3.63, 3.8) is 0 Å². The number of amides is 1. The van der Waals surface area contributed by atoms with Gasteiger partial charge in [-0.25, -0.2) is 18.0 Å². The van der Waals surface area contributed by atoms with Gasteiger partial charge in [-0.05, 0) is 26.8 Å². The van der Waals surface area contributed by atoms with Gasteiger partial charge in [-0.3, -0.25) is 4.79 Å². The van der Waals surface area contributed by atoms with E-state index in [0.29, 0.717) is 0 Å². The molecule has 1 aliphatic heterocycles. The molecule has 1 aromatic carbocycles. The summed E-state index contributed by atoms with van der Waals surface area (Å²) in [7, 11) is 0. The van der Waals surface area contributed by atoms with Crippen LogP contribution in [0.15, 0.2) is 18.2 Å². The van der Waals surface area contributed by atoms with Crippen molar-refractivity contribution in [3.8, 4) is 0 Å². The van der Waals surface area contributed by atoms with Crippen LogP contribution in [0.5, 0.6) is 0 Å². The fourth-order valence-electron chi connectivity index (χ4n) is 2.29. The Kier molecular flexibility index (Phi) is 5.72. The van der Waals surface area contributed by atoms with Crippen molar-refractivity contribution in [2.75, 3.05) is 26.2 Å². The van der Waals surface area contributed by atoms with E-state index in [-0.39, 0.29) is 37.7 Å². The molecule has 0 bridgehead atoms. The summed E-state index contributed by atoms with van der Waals surface area (Å²) in [5.74, 6) is -2.23. The van der Waals surface area contributed by atoms with Crippen LogP contribution in [-0.4, -0.2) is 48.0 Å². The molecular formula is C17H21F3N2O3. The first-order valence-electron chi connectivity index (χ1n) is 7.94. The van der Waals surface area contributed by atoms with Crippen LogP contribution in [0.4, 0.5) is 13.2 Å². The summed E-state index contributed by atoms with van der Waals surface area (Å²) >= 11 is 0. The highest BCUT2D eigenvalue weighted by molar-refractivity contribution is 5.94. The van der Waals surface area contributed by atoms with Crippen LogP contribution in [0.1, 0.15) is 43.1 Å². The fourth-order valence-corrected chi connectivity index (χ4v) is 2.29. The number of alkyl halides is 2. The summed E-state index contributed by atoms with van der Waals surface area (Å²) in [5.41, 5.74) is -1.81. The lowest BCUT2D eigenvalue weighted by atomic mass is 9.98. The molecule has 1 heterocycles. The molecule has 1 aromatic rings. The van der Waals surface area contributed by atoms with E-state index in [1.54, 1.807) is 20.8 Å². The predicted octanol–water partition coefficient (Wildman–Crippen LogP) is 3.03. The lowest BCUT2D eigenvalue weighted by Crippen LogP contribution is -2.50. The van der Waals surface area contributed by atoms with E-state index in [1.807, 2.05) is 0 Å². The van der Waals surface area contributed by atoms with Gasteiger partial charge in [0.25, 0.3) is 12.3 Å². The molecule has 0 aromatic heterocycles. The monoisotopic (exact) mass is 358 g/mol. The minimum Gasteiger partial charge on any atom is -0.367 e. The van der Waals surface area contributed by atoms with Crippen molar-refractivity contribution >= 4 is 11.9 Å². The SMILES string of the molecule is CC(C)(C)C(=O)ON1CCN(C(=O)c2cccc(C(F)F)c2F)CC1. The largest absolute Gasteiger partial charge is 0.367 e. The summed E-state index contributed by atoms with van der Waals surface area (Å²) in [6.07, 6.45) is -2.98. The second-order valence-corrected chi connectivity index (χ2v) is 6.86. The number of halogens is 3. The summed E-state index contributed by atoms with van der Waals surface area (Å²) in [5, 5.41) is 1.45. The van der Waals surface area contributed by atoms with Gasteiger partial charge in [-0.1, -0.05) is 12.1 Å². The quantitative estimate of drug-likeness (QED) is 0.833. The third-order valence-corrected chi connectivity index (χ3v) is 3.84. The lowest BCUT2D eigenvalue weighted by Gasteiger charge is -2.34. The average Bonchev–Trinajstić information content (AvgIpc) is 2.54. The summed E-state index contributed by atoms with van der Waals surface area (Å²) in [6, 6.07) is 3.38. The maximum absolute atomic E-state index is 14.1. The van der Waals surface area contributed by atoms with E-state index in [1.165, 1.54) is 22.1 Å². The van der Waals surface area contributed by atoms with E-state index in [4.69, 9.17) is 4.84 Å². The molecule has 0 radical (unpaired) electrons. The van der Waals surface area contributed by atoms with E-state index in [9.17, 15) is 22.8 Å². The Morgan fingerprint density at radius 1 is 1.12 bits per heavy atom. The number of hydroxylamine groups is 2. The van der Waals surface area contributed by atoms with Crippen LogP contribution in [0.3, 0.4) is 0 Å². The van der Waals surface area contributed by atoms with Gasteiger partial charge < -0.3 is 9.74 Å². The summed E-state index contributed by atoms with van der Waals surface area (Å²) in [4.78, 5) is 30.9. The average molecular weight is 358 g/mol. The van der Waals surface area contributed by atoms with Crippen molar-refractivity contribution in [3.05, 3.63) is 35.1 Å². The molecule has 138 valence electrons. The molecular weight excluding hydrogens is 337 g/mol. The Bertz CT molecular complexity index is 651. The number of nitrogens with zero attached hydrogens (tertiary/aromatic N) is 2. The van der Waals surface area contributed by atoms with Crippen molar-refractivity contribution in [2.45, 2.75) is 27.2 Å². The van der Waals surface area contributed by atoms with Crippen molar-refractivity contribution < 1.29 is 27.6 Å². The zero-order valence-electron chi connectivity index (χ0n) is 14.4. The summed E-state index contributed by atoms with van der Waals surface area (Å²) < 4.78 is 39.6. The maximum atomic E-state index is 14.1. The normalized spacial score (nSPS) is 16.2. The molecule has 1 aliphatic rings. The molecule has 1 amide bonds. The van der Waals surface area contributed by atoms with Crippen LogP contribution < -0.4 is 0 Å². The van der Waals surface area contributed by atoms with Gasteiger partial charge in [0.1, 0.15) is 5.82 Å². The molecule has 0 atom stereocenters. The molecule has 1 saturated heterocycles. The van der Waals surface area contributed by atoms with Crippen molar-refractivity contribution in [1.82, 2.24) is 9.96 Å². The van der Waals surface area contributed by atoms with Gasteiger partial charge in [0.05, 0.1) is 29.6 Å². The minimum absolute atomic E-state index is 0.203. The first-order chi connectivity index (χ1) is 11.6. The molecule has 25 heavy (non-hydrogen) atoms. The molecule has 0 N–H and O–H groups in total. The first kappa shape index (κ1) is 19.2. The smallest absolute Gasteiger partial charge is 0.330 e. The summed E-state index contributed by atoms with van der Waals surface area (Å²) in [6.45, 7) is 6.13. The maximum Gasteiger partial charge on any atom is 0.330 e. The number of carbonyl (C=O) groups is 2. The molecule has 1 fully saturated rings. The number of hydrogen-bond acceptors (Lipinski definition) is 4. The predicted molar refractivity (Wildman–Crippen MR) is 84.4 cm³/mol. The van der Waals surface area contributed by atoms with Crippen LogP contribution >= 0.6 is 0 Å². The van der Waals surface area contributed by atoms with E-state index < -0.39 is 29.1 Å². The molecule has 0 spiro atoms. The van der Waals surface area contributed by atoms with Gasteiger partial charge in [0.2, 0.25) is 0 Å². The fraction of sp³-hybridized carbons (Fsp3) is 0.529. The third kappa shape index (κ3) is 4.50. The number of carbonyl (C=O) groups excluding carboxylic acids is 2. The minimum atomic E-state index is -2.98. The highest BCUT2D eigenvalue weighted by atomic mass is 19.3. The van der Waals surface area contributed by atoms with Gasteiger partial charge in [0, 0.05) is 13.1 Å². The highest BCUT2D eigenvalue weighted by Crippen LogP contribution is 2.25. The van der Waals surface area contributed by atoms with E-state index in [0.717, 1.165) is 6.07 Å². The first-order valence-corrected chi connectivity index (χ1v) is 7.94. The second-order valence-electron chi connectivity index (χ2n) is 6.86. The van der Waals surface area contributed by atoms with Crippen LogP contribution in [0, 0.1) is 11.2 Å². The molecule has 0 unspecified atom stereocenters. The van der Waals surface area contributed by atoms with Crippen molar-refractivity contribution in [1.29, 1.82) is 0 Å². The second kappa shape index (κ2) is 7.43. The number of rotatable bonds is 3. The molecule has 0 saturated carbocycles. The van der Waals surface area contributed by atoms with Crippen LogP contribution in [0.25, 0.3) is 0 Å². The Hall–Kier alpha value is -2.09. The van der Waals surface area contributed by atoms with Crippen LogP contribution in [0.2, 0.25) is 0 Å². The Morgan fingerprint density at radius 3 is 2.24 bits per heavy atom. The molecule has 5 nitrogen and oxygen atoms in total. The van der Waals surface area contributed by atoms with Crippen LogP contribution in [-0.2, 0) is 9.63 Å². The van der Waals surface area contributed by atoms with E-state index >= 15 is 0 Å². The zero-order chi connectivity index (χ0) is 18.8. The third-order valence-electron chi connectivity index (χ3n) is 3.84. The highest BCUT2D eigenvalue weighted by Gasteiger charge is 2.30. The molecule has 0 aliphatic carbocycles.